The lowest BCUT2D eigenvalue weighted by molar-refractivity contribution is -0.124. The quantitative estimate of drug-likeness (QED) is 0.0361. The van der Waals surface area contributed by atoms with Gasteiger partial charge in [-0.2, -0.15) is 0 Å². The number of carbonyl (C=O) groups is 1. The topological polar surface area (TPSA) is 89.8 Å². The molecule has 0 saturated carbocycles. The smallest absolute Gasteiger partial charge is 0.220 e. The van der Waals surface area contributed by atoms with Crippen LogP contribution in [0.15, 0.2) is 24.3 Å². The number of hydrogen-bond donors (Lipinski definition) is 4. The van der Waals surface area contributed by atoms with Crippen molar-refractivity contribution in [2.45, 2.75) is 366 Å². The Bertz CT molecular complexity index is 1010. The minimum Gasteiger partial charge on any atom is -0.394 e. The Labute approximate surface area is 426 Å². The zero-order valence-electron chi connectivity index (χ0n) is 46.3. The van der Waals surface area contributed by atoms with Crippen molar-refractivity contribution in [1.82, 2.24) is 5.32 Å². The van der Waals surface area contributed by atoms with Gasteiger partial charge in [0.15, 0.2) is 0 Å². The zero-order valence-corrected chi connectivity index (χ0v) is 46.3. The van der Waals surface area contributed by atoms with Gasteiger partial charge in [-0.05, 0) is 44.9 Å². The molecule has 5 heteroatoms. The van der Waals surface area contributed by atoms with Gasteiger partial charge in [0.1, 0.15) is 6.10 Å². The number of allylic oxidation sites excluding steroid dienone is 4. The van der Waals surface area contributed by atoms with Crippen LogP contribution < -0.4 is 5.32 Å². The molecule has 0 radical (unpaired) electrons. The molecular weight excluding hydrogens is 835 g/mol. The average molecular weight is 959 g/mol. The molecule has 0 saturated heterocycles. The molecule has 0 aliphatic heterocycles. The van der Waals surface area contributed by atoms with Gasteiger partial charge in [-0.1, -0.05) is 321 Å². The van der Waals surface area contributed by atoms with Crippen LogP contribution in [0.25, 0.3) is 0 Å². The largest absolute Gasteiger partial charge is 0.394 e. The third-order valence-corrected chi connectivity index (χ3v) is 14.8. The lowest BCUT2D eigenvalue weighted by Crippen LogP contribution is -2.50. The molecule has 404 valence electrons. The molecule has 0 rings (SSSR count). The fourth-order valence-electron chi connectivity index (χ4n) is 10.0. The normalized spacial score (nSPS) is 13.3. The number of rotatable bonds is 58. The van der Waals surface area contributed by atoms with Crippen LogP contribution in [-0.4, -0.2) is 46.1 Å². The van der Waals surface area contributed by atoms with Crippen molar-refractivity contribution in [3.8, 4) is 0 Å². The fraction of sp³-hybridized carbons (Fsp3) is 0.921. The monoisotopic (exact) mass is 958 g/mol. The number of carbonyl (C=O) groups excluding carboxylic acids is 1. The second-order valence-electron chi connectivity index (χ2n) is 21.6. The number of aliphatic hydroxyl groups is 3. The summed E-state index contributed by atoms with van der Waals surface area (Å²) in [4.78, 5) is 12.5. The van der Waals surface area contributed by atoms with Crippen molar-refractivity contribution in [3.63, 3.8) is 0 Å². The Kier molecular flexibility index (Phi) is 57.4. The first-order valence-electron chi connectivity index (χ1n) is 31.1. The summed E-state index contributed by atoms with van der Waals surface area (Å²) < 4.78 is 0. The molecule has 68 heavy (non-hydrogen) atoms. The first-order chi connectivity index (χ1) is 33.6. The van der Waals surface area contributed by atoms with Gasteiger partial charge in [0, 0.05) is 6.42 Å². The molecule has 0 aliphatic carbocycles. The number of nitrogens with one attached hydrogen (secondary N) is 1. The number of unbranched alkanes of at least 4 members (excludes halogenated alkanes) is 46. The number of amides is 1. The van der Waals surface area contributed by atoms with Crippen molar-refractivity contribution in [1.29, 1.82) is 0 Å². The van der Waals surface area contributed by atoms with E-state index in [1.165, 1.54) is 283 Å². The summed E-state index contributed by atoms with van der Waals surface area (Å²) in [6.07, 6.45) is 75.0. The molecule has 0 heterocycles. The Hall–Kier alpha value is -1.17. The van der Waals surface area contributed by atoms with Gasteiger partial charge in [-0.3, -0.25) is 4.79 Å². The van der Waals surface area contributed by atoms with E-state index in [9.17, 15) is 20.1 Å². The highest BCUT2D eigenvalue weighted by molar-refractivity contribution is 5.76. The van der Waals surface area contributed by atoms with Crippen molar-refractivity contribution in [2.24, 2.45) is 0 Å². The molecule has 0 spiro atoms. The Balaban J connectivity index is 3.48. The van der Waals surface area contributed by atoms with Gasteiger partial charge in [-0.15, -0.1) is 0 Å². The second-order valence-corrected chi connectivity index (χ2v) is 21.6. The highest BCUT2D eigenvalue weighted by atomic mass is 16.3. The number of hydrogen-bond acceptors (Lipinski definition) is 4. The van der Waals surface area contributed by atoms with Crippen LogP contribution in [0, 0.1) is 0 Å². The lowest BCUT2D eigenvalue weighted by atomic mass is 9.99. The molecule has 4 N–H and O–H groups in total. The maximum atomic E-state index is 12.5. The van der Waals surface area contributed by atoms with Crippen LogP contribution in [-0.2, 0) is 4.79 Å². The van der Waals surface area contributed by atoms with E-state index in [0.29, 0.717) is 12.8 Å². The zero-order chi connectivity index (χ0) is 49.3. The lowest BCUT2D eigenvalue weighted by Gasteiger charge is -2.26. The van der Waals surface area contributed by atoms with Gasteiger partial charge >= 0.3 is 0 Å². The molecule has 0 aromatic rings. The first-order valence-corrected chi connectivity index (χ1v) is 31.1. The average Bonchev–Trinajstić information content (AvgIpc) is 3.34. The standard InChI is InChI=1S/C63H123NO4/c1-3-5-7-9-11-13-15-17-19-21-23-25-26-27-28-29-30-31-32-33-34-35-36-38-40-42-44-46-48-50-52-54-56-58-62(67)64-60(59-65)63(68)61(66)57-55-53-51-49-47-45-43-41-39-37-24-22-20-18-16-14-12-10-8-6-4-2/h23,25,27-28,60-61,63,65-66,68H,3-22,24,26,29-59H2,1-2H3,(H,64,67)/b25-23-,28-27-. The van der Waals surface area contributed by atoms with Crippen LogP contribution in [0.5, 0.6) is 0 Å². The molecular formula is C63H123NO4. The van der Waals surface area contributed by atoms with Crippen molar-refractivity contribution >= 4 is 5.91 Å². The summed E-state index contributed by atoms with van der Waals surface area (Å²) in [5.74, 6) is -0.138. The molecule has 3 unspecified atom stereocenters. The van der Waals surface area contributed by atoms with Crippen molar-refractivity contribution < 1.29 is 20.1 Å². The molecule has 0 bridgehead atoms. The fourth-order valence-corrected chi connectivity index (χ4v) is 10.0. The third-order valence-electron chi connectivity index (χ3n) is 14.8. The minimum absolute atomic E-state index is 0.138. The van der Waals surface area contributed by atoms with Gasteiger partial charge < -0.3 is 20.6 Å². The van der Waals surface area contributed by atoms with Crippen molar-refractivity contribution in [2.75, 3.05) is 6.61 Å². The molecule has 0 aliphatic rings. The van der Waals surface area contributed by atoms with E-state index >= 15 is 0 Å². The molecule has 3 atom stereocenters. The molecule has 0 fully saturated rings. The Morgan fingerprint density at radius 3 is 0.926 bits per heavy atom. The molecule has 0 aromatic heterocycles. The Morgan fingerprint density at radius 1 is 0.368 bits per heavy atom. The van der Waals surface area contributed by atoms with Crippen LogP contribution >= 0.6 is 0 Å². The predicted octanol–water partition coefficient (Wildman–Crippen LogP) is 19.6. The molecule has 5 nitrogen and oxygen atoms in total. The number of aliphatic hydroxyl groups excluding tert-OH is 3. The van der Waals surface area contributed by atoms with E-state index in [1.807, 2.05) is 0 Å². The summed E-state index contributed by atoms with van der Waals surface area (Å²) in [5, 5.41) is 33.9. The van der Waals surface area contributed by atoms with E-state index in [4.69, 9.17) is 0 Å². The third kappa shape index (κ3) is 52.6. The van der Waals surface area contributed by atoms with Crippen LogP contribution in [0.3, 0.4) is 0 Å². The van der Waals surface area contributed by atoms with Crippen LogP contribution in [0.4, 0.5) is 0 Å². The van der Waals surface area contributed by atoms with Crippen molar-refractivity contribution in [3.05, 3.63) is 24.3 Å². The van der Waals surface area contributed by atoms with E-state index in [2.05, 4.69) is 43.5 Å². The van der Waals surface area contributed by atoms with E-state index in [0.717, 1.165) is 38.5 Å². The summed E-state index contributed by atoms with van der Waals surface area (Å²) in [6, 6.07) is -0.808. The predicted molar refractivity (Wildman–Crippen MR) is 301 cm³/mol. The van der Waals surface area contributed by atoms with Gasteiger partial charge in [0.05, 0.1) is 18.8 Å². The van der Waals surface area contributed by atoms with Gasteiger partial charge in [0.25, 0.3) is 0 Å². The van der Waals surface area contributed by atoms with E-state index in [1.54, 1.807) is 0 Å². The Morgan fingerprint density at radius 2 is 0.632 bits per heavy atom. The SMILES string of the molecule is CCCCCCCCCCC/C=C\C/C=C\CCCCCCCCCCCCCCCCCCCC(=O)NC(CO)C(O)C(O)CCCCCCCCCCCCCCCCCCCCCCC. The summed E-state index contributed by atoms with van der Waals surface area (Å²) in [7, 11) is 0. The molecule has 0 aromatic carbocycles. The summed E-state index contributed by atoms with van der Waals surface area (Å²) in [5.41, 5.74) is 0. The highest BCUT2D eigenvalue weighted by Gasteiger charge is 2.26. The summed E-state index contributed by atoms with van der Waals surface area (Å²) in [6.45, 7) is 4.22. The van der Waals surface area contributed by atoms with E-state index < -0.39 is 18.2 Å². The second kappa shape index (κ2) is 58.4. The minimum atomic E-state index is -1.14. The maximum absolute atomic E-state index is 12.5. The van der Waals surface area contributed by atoms with Crippen LogP contribution in [0.2, 0.25) is 0 Å². The van der Waals surface area contributed by atoms with Gasteiger partial charge in [0.2, 0.25) is 5.91 Å². The van der Waals surface area contributed by atoms with Crippen LogP contribution in [0.1, 0.15) is 348 Å². The highest BCUT2D eigenvalue weighted by Crippen LogP contribution is 2.19. The maximum Gasteiger partial charge on any atom is 0.220 e. The van der Waals surface area contributed by atoms with E-state index in [-0.39, 0.29) is 12.5 Å². The first kappa shape index (κ1) is 66.8. The molecule has 1 amide bonds. The van der Waals surface area contributed by atoms with Gasteiger partial charge in [-0.25, -0.2) is 0 Å². The summed E-state index contributed by atoms with van der Waals surface area (Å²) >= 11 is 0.